The molecule has 1 aliphatic rings. The molecule has 0 saturated carbocycles. The van der Waals surface area contributed by atoms with E-state index in [2.05, 4.69) is 5.32 Å². The molecule has 0 aromatic rings. The van der Waals surface area contributed by atoms with Crippen LogP contribution < -0.4 is 11.1 Å². The molecule has 3 heteroatoms. The minimum atomic E-state index is 0.662. The summed E-state index contributed by atoms with van der Waals surface area (Å²) < 4.78 is 5.19. The second-order valence-electron chi connectivity index (χ2n) is 3.55. The summed E-state index contributed by atoms with van der Waals surface area (Å²) in [4.78, 5) is 0. The fourth-order valence-corrected chi connectivity index (χ4v) is 1.96. The van der Waals surface area contributed by atoms with Crippen molar-refractivity contribution < 1.29 is 4.74 Å². The molecule has 12 heavy (non-hydrogen) atoms. The SMILES string of the molecule is COCC(CCN)C1CCNC1. The zero-order valence-electron chi connectivity index (χ0n) is 7.88. The van der Waals surface area contributed by atoms with Gasteiger partial charge in [0.2, 0.25) is 0 Å². The van der Waals surface area contributed by atoms with Crippen molar-refractivity contribution in [3.63, 3.8) is 0 Å². The highest BCUT2D eigenvalue weighted by Crippen LogP contribution is 2.21. The van der Waals surface area contributed by atoms with Crippen molar-refractivity contribution in [2.75, 3.05) is 33.4 Å². The van der Waals surface area contributed by atoms with Gasteiger partial charge in [0.1, 0.15) is 0 Å². The third-order valence-electron chi connectivity index (χ3n) is 2.68. The largest absolute Gasteiger partial charge is 0.384 e. The van der Waals surface area contributed by atoms with E-state index in [1.165, 1.54) is 6.42 Å². The van der Waals surface area contributed by atoms with Gasteiger partial charge in [-0.1, -0.05) is 0 Å². The van der Waals surface area contributed by atoms with Crippen LogP contribution in [0.2, 0.25) is 0 Å². The predicted molar refractivity (Wildman–Crippen MR) is 50.0 cm³/mol. The maximum absolute atomic E-state index is 5.55. The molecule has 3 N–H and O–H groups in total. The van der Waals surface area contributed by atoms with Crippen LogP contribution in [0, 0.1) is 11.8 Å². The van der Waals surface area contributed by atoms with Gasteiger partial charge in [-0.25, -0.2) is 0 Å². The number of hydrogen-bond acceptors (Lipinski definition) is 3. The summed E-state index contributed by atoms with van der Waals surface area (Å²) in [6.07, 6.45) is 2.38. The molecule has 3 nitrogen and oxygen atoms in total. The Hall–Kier alpha value is -0.120. The lowest BCUT2D eigenvalue weighted by Crippen LogP contribution is -2.24. The summed E-state index contributed by atoms with van der Waals surface area (Å²) in [6, 6.07) is 0. The van der Waals surface area contributed by atoms with Gasteiger partial charge in [-0.2, -0.15) is 0 Å². The minimum Gasteiger partial charge on any atom is -0.384 e. The average molecular weight is 172 g/mol. The summed E-state index contributed by atoms with van der Waals surface area (Å²) in [5.41, 5.74) is 5.55. The minimum absolute atomic E-state index is 0.662. The Morgan fingerprint density at radius 1 is 1.67 bits per heavy atom. The zero-order chi connectivity index (χ0) is 8.81. The van der Waals surface area contributed by atoms with Gasteiger partial charge in [0.25, 0.3) is 0 Å². The molecule has 72 valence electrons. The van der Waals surface area contributed by atoms with Gasteiger partial charge in [0.15, 0.2) is 0 Å². The van der Waals surface area contributed by atoms with Crippen LogP contribution in [0.1, 0.15) is 12.8 Å². The van der Waals surface area contributed by atoms with Crippen molar-refractivity contribution in [1.82, 2.24) is 5.32 Å². The van der Waals surface area contributed by atoms with E-state index in [1.807, 2.05) is 0 Å². The third-order valence-corrected chi connectivity index (χ3v) is 2.68. The van der Waals surface area contributed by atoms with Gasteiger partial charge in [-0.3, -0.25) is 0 Å². The number of rotatable bonds is 5. The molecular weight excluding hydrogens is 152 g/mol. The van der Waals surface area contributed by atoms with E-state index >= 15 is 0 Å². The van der Waals surface area contributed by atoms with E-state index in [-0.39, 0.29) is 0 Å². The first-order valence-corrected chi connectivity index (χ1v) is 4.78. The van der Waals surface area contributed by atoms with Crippen LogP contribution in [0.3, 0.4) is 0 Å². The van der Waals surface area contributed by atoms with Crippen LogP contribution in [0.5, 0.6) is 0 Å². The molecule has 2 atom stereocenters. The Labute approximate surface area is 74.7 Å². The van der Waals surface area contributed by atoms with E-state index in [0.717, 1.165) is 38.6 Å². The standard InChI is InChI=1S/C9H20N2O/c1-12-7-9(2-4-10)8-3-5-11-6-8/h8-9,11H,2-7,10H2,1H3. The molecule has 0 spiro atoms. The topological polar surface area (TPSA) is 47.3 Å². The van der Waals surface area contributed by atoms with Crippen molar-refractivity contribution in [3.8, 4) is 0 Å². The first kappa shape index (κ1) is 9.96. The Morgan fingerprint density at radius 2 is 2.50 bits per heavy atom. The summed E-state index contributed by atoms with van der Waals surface area (Å²) in [5, 5.41) is 3.37. The molecule has 0 aromatic carbocycles. The molecule has 2 unspecified atom stereocenters. The highest BCUT2D eigenvalue weighted by Gasteiger charge is 2.23. The van der Waals surface area contributed by atoms with Crippen molar-refractivity contribution in [3.05, 3.63) is 0 Å². The Morgan fingerprint density at radius 3 is 3.00 bits per heavy atom. The van der Waals surface area contributed by atoms with E-state index in [1.54, 1.807) is 7.11 Å². The van der Waals surface area contributed by atoms with Gasteiger partial charge >= 0.3 is 0 Å². The molecule has 0 bridgehead atoms. The third kappa shape index (κ3) is 2.73. The van der Waals surface area contributed by atoms with Crippen LogP contribution in [0.4, 0.5) is 0 Å². The lowest BCUT2D eigenvalue weighted by atomic mass is 9.89. The molecule has 0 aliphatic carbocycles. The van der Waals surface area contributed by atoms with Gasteiger partial charge in [0, 0.05) is 13.7 Å². The number of methoxy groups -OCH3 is 1. The van der Waals surface area contributed by atoms with Gasteiger partial charge in [-0.15, -0.1) is 0 Å². The van der Waals surface area contributed by atoms with E-state index in [9.17, 15) is 0 Å². The molecule has 1 fully saturated rings. The van der Waals surface area contributed by atoms with E-state index in [0.29, 0.717) is 5.92 Å². The van der Waals surface area contributed by atoms with Crippen molar-refractivity contribution in [2.24, 2.45) is 17.6 Å². The molecule has 0 amide bonds. The zero-order valence-corrected chi connectivity index (χ0v) is 7.88. The van der Waals surface area contributed by atoms with Gasteiger partial charge in [-0.05, 0) is 44.3 Å². The van der Waals surface area contributed by atoms with Crippen LogP contribution >= 0.6 is 0 Å². The number of ether oxygens (including phenoxy) is 1. The molecule has 1 saturated heterocycles. The van der Waals surface area contributed by atoms with E-state index < -0.39 is 0 Å². The fourth-order valence-electron chi connectivity index (χ4n) is 1.96. The van der Waals surface area contributed by atoms with Gasteiger partial charge < -0.3 is 15.8 Å². The Kier molecular flexibility index (Phi) is 4.58. The van der Waals surface area contributed by atoms with Crippen molar-refractivity contribution in [2.45, 2.75) is 12.8 Å². The summed E-state index contributed by atoms with van der Waals surface area (Å²) in [5.74, 6) is 1.45. The van der Waals surface area contributed by atoms with Crippen molar-refractivity contribution in [1.29, 1.82) is 0 Å². The molecule has 1 rings (SSSR count). The smallest absolute Gasteiger partial charge is 0.0494 e. The molecule has 1 aliphatic heterocycles. The van der Waals surface area contributed by atoms with E-state index in [4.69, 9.17) is 10.5 Å². The quantitative estimate of drug-likeness (QED) is 0.623. The fraction of sp³-hybridized carbons (Fsp3) is 1.00. The summed E-state index contributed by atoms with van der Waals surface area (Å²) in [6.45, 7) is 3.96. The Balaban J connectivity index is 2.29. The normalized spacial score (nSPS) is 26.0. The average Bonchev–Trinajstić information content (AvgIpc) is 2.56. The first-order valence-electron chi connectivity index (χ1n) is 4.78. The lowest BCUT2D eigenvalue weighted by Gasteiger charge is -2.21. The number of nitrogens with one attached hydrogen (secondary N) is 1. The predicted octanol–water partition coefficient (Wildman–Crippen LogP) is 0.207. The molecule has 1 heterocycles. The van der Waals surface area contributed by atoms with Crippen LogP contribution in [0.15, 0.2) is 0 Å². The maximum atomic E-state index is 5.55. The molecule has 0 aromatic heterocycles. The second kappa shape index (κ2) is 5.51. The Bertz CT molecular complexity index is 107. The number of nitrogens with two attached hydrogens (primary N) is 1. The number of hydrogen-bond donors (Lipinski definition) is 2. The summed E-state index contributed by atoms with van der Waals surface area (Å²) >= 11 is 0. The maximum Gasteiger partial charge on any atom is 0.0494 e. The molecule has 0 radical (unpaired) electrons. The van der Waals surface area contributed by atoms with Crippen molar-refractivity contribution >= 4 is 0 Å². The molecular formula is C9H20N2O. The lowest BCUT2D eigenvalue weighted by molar-refractivity contribution is 0.121. The highest BCUT2D eigenvalue weighted by atomic mass is 16.5. The monoisotopic (exact) mass is 172 g/mol. The van der Waals surface area contributed by atoms with Crippen LogP contribution in [-0.4, -0.2) is 33.4 Å². The van der Waals surface area contributed by atoms with Crippen LogP contribution in [-0.2, 0) is 4.74 Å². The second-order valence-corrected chi connectivity index (χ2v) is 3.55. The highest BCUT2D eigenvalue weighted by molar-refractivity contribution is 4.78. The first-order chi connectivity index (χ1) is 5.88. The van der Waals surface area contributed by atoms with Crippen LogP contribution in [0.25, 0.3) is 0 Å². The summed E-state index contributed by atoms with van der Waals surface area (Å²) in [7, 11) is 1.77. The van der Waals surface area contributed by atoms with Gasteiger partial charge in [0.05, 0.1) is 0 Å².